The van der Waals surface area contributed by atoms with Gasteiger partial charge in [0.15, 0.2) is 5.43 Å². The molecule has 22 heavy (non-hydrogen) atoms. The first-order valence-corrected chi connectivity index (χ1v) is 5.84. The van der Waals surface area contributed by atoms with Gasteiger partial charge in [-0.25, -0.2) is 0 Å². The zero-order valence-electron chi connectivity index (χ0n) is 12.2. The Morgan fingerprint density at radius 3 is 2.09 bits per heavy atom. The molecule has 0 aliphatic rings. The zero-order valence-corrected chi connectivity index (χ0v) is 18.4. The molecule has 0 amide bonds. The summed E-state index contributed by atoms with van der Waals surface area (Å²) >= 11 is 0. The van der Waals surface area contributed by atoms with E-state index < -0.39 is 5.43 Å². The van der Waals surface area contributed by atoms with Gasteiger partial charge >= 0.3 is 103 Å². The number of benzene rings is 2. The van der Waals surface area contributed by atoms with Gasteiger partial charge in [-0.15, -0.1) is 0 Å². The SMILES string of the molecule is O=c1cc(-c2ccc(O)cc2)oc2cc(O)cc(O)c12.[K+].[K+]. The van der Waals surface area contributed by atoms with E-state index in [-0.39, 0.29) is 137 Å². The second-order valence-corrected chi connectivity index (χ2v) is 4.36. The predicted molar refractivity (Wildman–Crippen MR) is 72.9 cm³/mol. The van der Waals surface area contributed by atoms with Crippen LogP contribution in [0.2, 0.25) is 0 Å². The molecule has 0 atom stereocenters. The van der Waals surface area contributed by atoms with Crippen LogP contribution in [0.4, 0.5) is 0 Å². The van der Waals surface area contributed by atoms with Gasteiger partial charge in [0.2, 0.25) is 0 Å². The van der Waals surface area contributed by atoms with Gasteiger partial charge in [0.05, 0.1) is 0 Å². The van der Waals surface area contributed by atoms with Gasteiger partial charge < -0.3 is 19.7 Å². The molecule has 1 aromatic heterocycles. The maximum Gasteiger partial charge on any atom is 1.00 e. The van der Waals surface area contributed by atoms with Crippen LogP contribution in [0.15, 0.2) is 51.7 Å². The van der Waals surface area contributed by atoms with Crippen LogP contribution in [0.5, 0.6) is 17.2 Å². The number of phenols is 3. The van der Waals surface area contributed by atoms with Crippen LogP contribution in [0.1, 0.15) is 0 Å². The Morgan fingerprint density at radius 1 is 0.818 bits per heavy atom. The van der Waals surface area contributed by atoms with E-state index in [1.807, 2.05) is 0 Å². The van der Waals surface area contributed by atoms with Crippen LogP contribution in [0.3, 0.4) is 0 Å². The number of hydrogen-bond donors (Lipinski definition) is 3. The fourth-order valence-corrected chi connectivity index (χ4v) is 2.02. The van der Waals surface area contributed by atoms with Crippen molar-refractivity contribution in [2.75, 3.05) is 0 Å². The normalized spacial score (nSPS) is 9.82. The minimum Gasteiger partial charge on any atom is -0.508 e. The first-order valence-electron chi connectivity index (χ1n) is 5.84. The summed E-state index contributed by atoms with van der Waals surface area (Å²) in [6.45, 7) is 0. The van der Waals surface area contributed by atoms with Crippen LogP contribution >= 0.6 is 0 Å². The Bertz CT molecular complexity index is 856. The van der Waals surface area contributed by atoms with Crippen LogP contribution in [-0.2, 0) is 0 Å². The maximum atomic E-state index is 12.0. The molecule has 3 N–H and O–H groups in total. The van der Waals surface area contributed by atoms with E-state index in [9.17, 15) is 20.1 Å². The Labute approximate surface area is 210 Å². The number of aromatic hydroxyl groups is 3. The van der Waals surface area contributed by atoms with Crippen molar-refractivity contribution in [3.05, 3.63) is 52.7 Å². The largest absolute Gasteiger partial charge is 1.00 e. The molecule has 0 aliphatic heterocycles. The quantitative estimate of drug-likeness (QED) is 0.399. The van der Waals surface area contributed by atoms with Crippen molar-refractivity contribution in [3.63, 3.8) is 0 Å². The van der Waals surface area contributed by atoms with Gasteiger partial charge in [0.1, 0.15) is 34.0 Å². The standard InChI is InChI=1S/C15H10O5.2K/c16-9-3-1-8(2-4-9)13-7-12(19)15-11(18)5-10(17)6-14(15)20-13;;/h1-7,16-18H;;/q;2*+1. The molecular formula is C15H10K2O5+2. The molecule has 3 aromatic rings. The van der Waals surface area contributed by atoms with Crippen molar-refractivity contribution in [1.29, 1.82) is 0 Å². The Balaban J connectivity index is 0.00000121. The van der Waals surface area contributed by atoms with E-state index in [4.69, 9.17) is 4.42 Å². The second kappa shape index (κ2) is 8.43. The van der Waals surface area contributed by atoms with Gasteiger partial charge in [-0.2, -0.15) is 0 Å². The van der Waals surface area contributed by atoms with Crippen molar-refractivity contribution < 1.29 is 123 Å². The van der Waals surface area contributed by atoms with E-state index in [1.54, 1.807) is 12.1 Å². The van der Waals surface area contributed by atoms with Gasteiger partial charge in [0.25, 0.3) is 0 Å². The molecule has 0 radical (unpaired) electrons. The third-order valence-electron chi connectivity index (χ3n) is 2.95. The summed E-state index contributed by atoms with van der Waals surface area (Å²) in [4.78, 5) is 12.0. The van der Waals surface area contributed by atoms with E-state index >= 15 is 0 Å². The molecule has 0 saturated carbocycles. The van der Waals surface area contributed by atoms with Gasteiger partial charge in [0, 0.05) is 23.8 Å². The van der Waals surface area contributed by atoms with Crippen LogP contribution in [0.25, 0.3) is 22.3 Å². The molecule has 100 valence electrons. The fraction of sp³-hybridized carbons (Fsp3) is 0. The fourth-order valence-electron chi connectivity index (χ4n) is 2.02. The first-order chi connectivity index (χ1) is 9.54. The topological polar surface area (TPSA) is 90.9 Å². The smallest absolute Gasteiger partial charge is 0.508 e. The Kier molecular flexibility index (Phi) is 7.80. The molecule has 7 heteroatoms. The zero-order chi connectivity index (χ0) is 14.3. The van der Waals surface area contributed by atoms with Crippen LogP contribution in [-0.4, -0.2) is 15.3 Å². The summed E-state index contributed by atoms with van der Waals surface area (Å²) in [6.07, 6.45) is 0. The number of phenolic OH excluding ortho intramolecular Hbond substituents is 3. The summed E-state index contributed by atoms with van der Waals surface area (Å²) in [5, 5.41) is 28.4. The second-order valence-electron chi connectivity index (χ2n) is 4.36. The third-order valence-corrected chi connectivity index (χ3v) is 2.95. The van der Waals surface area contributed by atoms with E-state index in [1.165, 1.54) is 24.3 Å². The van der Waals surface area contributed by atoms with Crippen molar-refractivity contribution in [1.82, 2.24) is 0 Å². The minimum absolute atomic E-state index is 0. The molecule has 1 heterocycles. The summed E-state index contributed by atoms with van der Waals surface area (Å²) in [5.74, 6) is -0.133. The van der Waals surface area contributed by atoms with E-state index in [2.05, 4.69) is 0 Å². The average Bonchev–Trinajstić information content (AvgIpc) is 2.38. The summed E-state index contributed by atoms with van der Waals surface area (Å²) in [5.41, 5.74) is 0.287. The summed E-state index contributed by atoms with van der Waals surface area (Å²) in [6, 6.07) is 9.74. The van der Waals surface area contributed by atoms with Crippen LogP contribution in [0, 0.1) is 0 Å². The number of fused-ring (bicyclic) bond motifs is 1. The minimum atomic E-state index is -0.410. The van der Waals surface area contributed by atoms with E-state index in [0.29, 0.717) is 5.56 Å². The third kappa shape index (κ3) is 4.24. The molecule has 0 fully saturated rings. The van der Waals surface area contributed by atoms with Crippen molar-refractivity contribution in [3.8, 4) is 28.6 Å². The van der Waals surface area contributed by atoms with Crippen LogP contribution < -0.4 is 108 Å². The molecular weight excluding hydrogens is 338 g/mol. The molecule has 2 aromatic carbocycles. The summed E-state index contributed by atoms with van der Waals surface area (Å²) < 4.78 is 5.53. The first kappa shape index (κ1) is 20.4. The number of hydrogen-bond acceptors (Lipinski definition) is 5. The number of rotatable bonds is 1. The maximum absolute atomic E-state index is 12.0. The molecule has 0 spiro atoms. The van der Waals surface area contributed by atoms with Crippen molar-refractivity contribution in [2.45, 2.75) is 0 Å². The molecule has 0 unspecified atom stereocenters. The molecule has 5 nitrogen and oxygen atoms in total. The van der Waals surface area contributed by atoms with Gasteiger partial charge in [-0.3, -0.25) is 4.79 Å². The summed E-state index contributed by atoms with van der Waals surface area (Å²) in [7, 11) is 0. The molecule has 3 rings (SSSR count). The average molecular weight is 348 g/mol. The monoisotopic (exact) mass is 348 g/mol. The van der Waals surface area contributed by atoms with Crippen molar-refractivity contribution in [2.24, 2.45) is 0 Å². The van der Waals surface area contributed by atoms with Gasteiger partial charge in [-0.05, 0) is 24.3 Å². The Morgan fingerprint density at radius 2 is 1.45 bits per heavy atom. The van der Waals surface area contributed by atoms with E-state index in [0.717, 1.165) is 6.07 Å². The molecule has 0 saturated heterocycles. The molecule has 0 bridgehead atoms. The van der Waals surface area contributed by atoms with Gasteiger partial charge in [-0.1, -0.05) is 0 Å². The Hall–Kier alpha value is 0.323. The molecule has 0 aliphatic carbocycles. The predicted octanol–water partition coefficient (Wildman–Crippen LogP) is -3.42. The van der Waals surface area contributed by atoms with Crippen molar-refractivity contribution >= 4 is 11.0 Å².